The van der Waals surface area contributed by atoms with E-state index in [1.165, 1.54) is 6.42 Å². The van der Waals surface area contributed by atoms with Crippen LogP contribution in [-0.2, 0) is 14.9 Å². The molecular weight excluding hydrogens is 354 g/mol. The van der Waals surface area contributed by atoms with Gasteiger partial charge in [-0.1, -0.05) is 13.3 Å². The fraction of sp³-hybridized carbons (Fsp3) is 0.944. The Hall–Kier alpha value is -0.860. The maximum Gasteiger partial charge on any atom is 0.409 e. The zero-order valence-corrected chi connectivity index (χ0v) is 16.9. The molecule has 8 heteroatoms. The molecule has 0 bridgehead atoms. The molecule has 0 aromatic heterocycles. The van der Waals surface area contributed by atoms with E-state index < -0.39 is 10.2 Å². The van der Waals surface area contributed by atoms with Gasteiger partial charge in [0.1, 0.15) is 0 Å². The number of hydrogen-bond acceptors (Lipinski definition) is 4. The summed E-state index contributed by atoms with van der Waals surface area (Å²) < 4.78 is 35.1. The maximum atomic E-state index is 13.3. The van der Waals surface area contributed by atoms with Crippen molar-refractivity contribution in [3.63, 3.8) is 0 Å². The topological polar surface area (TPSA) is 70.2 Å². The van der Waals surface area contributed by atoms with Gasteiger partial charge in [-0.05, 0) is 51.4 Å². The number of piperazine rings is 1. The molecule has 0 atom stereocenters. The van der Waals surface area contributed by atoms with E-state index in [0.29, 0.717) is 32.8 Å². The van der Waals surface area contributed by atoms with Gasteiger partial charge in [0.2, 0.25) is 0 Å². The van der Waals surface area contributed by atoms with Crippen molar-refractivity contribution in [1.82, 2.24) is 13.5 Å². The van der Waals surface area contributed by atoms with Gasteiger partial charge in [0.05, 0.1) is 6.61 Å². The summed E-state index contributed by atoms with van der Waals surface area (Å²) in [5.74, 6) is 0.753. The van der Waals surface area contributed by atoms with Crippen LogP contribution in [0.2, 0.25) is 0 Å². The summed E-state index contributed by atoms with van der Waals surface area (Å²) in [6.45, 7) is 5.86. The van der Waals surface area contributed by atoms with Crippen molar-refractivity contribution in [2.45, 2.75) is 70.9 Å². The van der Waals surface area contributed by atoms with E-state index in [9.17, 15) is 13.2 Å². The summed E-state index contributed by atoms with van der Waals surface area (Å²) in [5.41, 5.74) is 0. The lowest BCUT2D eigenvalue weighted by molar-refractivity contribution is 0.0913. The van der Waals surface area contributed by atoms with Crippen molar-refractivity contribution < 1.29 is 17.9 Å². The van der Waals surface area contributed by atoms with Crippen LogP contribution in [0, 0.1) is 5.92 Å². The Kier molecular flexibility index (Phi) is 6.45. The molecule has 0 aromatic rings. The molecule has 7 nitrogen and oxygen atoms in total. The lowest BCUT2D eigenvalue weighted by Gasteiger charge is -2.41. The lowest BCUT2D eigenvalue weighted by atomic mass is 9.84. The highest BCUT2D eigenvalue weighted by Gasteiger charge is 2.45. The summed E-state index contributed by atoms with van der Waals surface area (Å²) in [5, 5.41) is 0. The third kappa shape index (κ3) is 4.34. The normalized spacial score (nSPS) is 28.3. The van der Waals surface area contributed by atoms with Gasteiger partial charge >= 0.3 is 6.09 Å². The molecule has 150 valence electrons. The number of hydrogen-bond donors (Lipinski definition) is 0. The van der Waals surface area contributed by atoms with Gasteiger partial charge in [-0.3, -0.25) is 0 Å². The van der Waals surface area contributed by atoms with Crippen molar-refractivity contribution in [3.05, 3.63) is 0 Å². The maximum absolute atomic E-state index is 13.3. The molecule has 0 N–H and O–H groups in total. The predicted octanol–water partition coefficient (Wildman–Crippen LogP) is 2.44. The van der Waals surface area contributed by atoms with Crippen LogP contribution < -0.4 is 0 Å². The highest BCUT2D eigenvalue weighted by Crippen LogP contribution is 2.38. The number of nitrogens with zero attached hydrogens (tertiary/aromatic N) is 3. The molecular formula is C18H33N3O4S. The largest absolute Gasteiger partial charge is 0.450 e. The first kappa shape index (κ1) is 19.9. The van der Waals surface area contributed by atoms with Crippen LogP contribution in [0.5, 0.6) is 0 Å². The van der Waals surface area contributed by atoms with E-state index in [1.54, 1.807) is 16.1 Å². The molecule has 3 fully saturated rings. The number of amides is 1. The third-order valence-electron chi connectivity index (χ3n) is 6.02. The van der Waals surface area contributed by atoms with E-state index in [2.05, 4.69) is 6.92 Å². The molecule has 0 unspecified atom stereocenters. The average Bonchev–Trinajstić information content (AvgIpc) is 3.47. The lowest BCUT2D eigenvalue weighted by Crippen LogP contribution is -2.56. The van der Waals surface area contributed by atoms with E-state index in [4.69, 9.17) is 4.74 Å². The van der Waals surface area contributed by atoms with E-state index >= 15 is 0 Å². The number of carbonyl (C=O) groups excluding carboxylic acids is 1. The van der Waals surface area contributed by atoms with Crippen molar-refractivity contribution in [1.29, 1.82) is 0 Å². The summed E-state index contributed by atoms with van der Waals surface area (Å²) in [6, 6.07) is 0.338. The number of ether oxygens (including phenoxy) is 1. The van der Waals surface area contributed by atoms with Crippen molar-refractivity contribution in [2.24, 2.45) is 5.92 Å². The van der Waals surface area contributed by atoms with Crippen LogP contribution in [0.1, 0.15) is 58.8 Å². The van der Waals surface area contributed by atoms with E-state index in [1.807, 2.05) is 4.31 Å². The molecule has 3 aliphatic rings. The van der Waals surface area contributed by atoms with Crippen molar-refractivity contribution >= 4 is 16.3 Å². The van der Waals surface area contributed by atoms with Gasteiger partial charge in [0, 0.05) is 38.3 Å². The molecule has 3 rings (SSSR count). The summed E-state index contributed by atoms with van der Waals surface area (Å²) >= 11 is 0. The first-order valence-electron chi connectivity index (χ1n) is 10.2. The molecule has 26 heavy (non-hydrogen) atoms. The van der Waals surface area contributed by atoms with Gasteiger partial charge in [-0.15, -0.1) is 0 Å². The van der Waals surface area contributed by atoms with Crippen LogP contribution in [0.3, 0.4) is 0 Å². The standard InChI is InChI=1S/C18H33N3O4S/c1-3-15-5-7-16(8-6-15)21(17-9-10-17)26(23,24)20-13-11-19(12-14-20)18(22)25-4-2/h15-17H,3-14H2,1-2H3. The highest BCUT2D eigenvalue weighted by molar-refractivity contribution is 7.86. The van der Waals surface area contributed by atoms with Crippen LogP contribution >= 0.6 is 0 Å². The fourth-order valence-electron chi connectivity index (χ4n) is 4.26. The monoisotopic (exact) mass is 387 g/mol. The van der Waals surface area contributed by atoms with Gasteiger partial charge in [0.15, 0.2) is 0 Å². The first-order valence-corrected chi connectivity index (χ1v) is 11.6. The Morgan fingerprint density at radius 2 is 1.50 bits per heavy atom. The molecule has 0 radical (unpaired) electrons. The minimum Gasteiger partial charge on any atom is -0.450 e. The molecule has 1 saturated heterocycles. The summed E-state index contributed by atoms with van der Waals surface area (Å²) in [6.07, 6.45) is 7.05. The van der Waals surface area contributed by atoms with Crippen LogP contribution in [0.15, 0.2) is 0 Å². The number of rotatable bonds is 6. The van der Waals surface area contributed by atoms with Crippen LogP contribution in [0.25, 0.3) is 0 Å². The predicted molar refractivity (Wildman–Crippen MR) is 100.0 cm³/mol. The number of carbonyl (C=O) groups is 1. The van der Waals surface area contributed by atoms with Gasteiger partial charge in [-0.25, -0.2) is 4.79 Å². The van der Waals surface area contributed by atoms with Gasteiger partial charge in [0.25, 0.3) is 10.2 Å². The second-order valence-corrected chi connectivity index (χ2v) is 9.57. The Balaban J connectivity index is 1.63. The molecule has 1 heterocycles. The first-order chi connectivity index (χ1) is 12.5. The summed E-state index contributed by atoms with van der Waals surface area (Å²) in [7, 11) is -3.46. The molecule has 0 aromatic carbocycles. The molecule has 1 aliphatic heterocycles. The minimum absolute atomic E-state index is 0.151. The second kappa shape index (κ2) is 8.44. The highest BCUT2D eigenvalue weighted by atomic mass is 32.2. The Morgan fingerprint density at radius 3 is 1.96 bits per heavy atom. The third-order valence-corrected chi connectivity index (χ3v) is 8.16. The van der Waals surface area contributed by atoms with E-state index in [-0.39, 0.29) is 18.2 Å². The van der Waals surface area contributed by atoms with Crippen molar-refractivity contribution in [2.75, 3.05) is 32.8 Å². The second-order valence-electron chi connectivity index (χ2n) is 7.74. The SMILES string of the molecule is CCOC(=O)N1CCN(S(=O)(=O)N(C2CCC(CC)CC2)C2CC2)CC1. The zero-order chi connectivity index (χ0) is 18.7. The van der Waals surface area contributed by atoms with Crippen LogP contribution in [-0.4, -0.2) is 72.9 Å². The smallest absolute Gasteiger partial charge is 0.409 e. The Labute approximate surface area is 157 Å². The Morgan fingerprint density at radius 1 is 0.962 bits per heavy atom. The van der Waals surface area contributed by atoms with Gasteiger partial charge < -0.3 is 9.64 Å². The molecule has 2 saturated carbocycles. The quantitative estimate of drug-likeness (QED) is 0.702. The molecule has 1 amide bonds. The van der Waals surface area contributed by atoms with Gasteiger partial charge in [-0.2, -0.15) is 17.0 Å². The molecule has 0 spiro atoms. The van der Waals surface area contributed by atoms with Crippen LogP contribution in [0.4, 0.5) is 4.79 Å². The Bertz CT molecular complexity index is 577. The minimum atomic E-state index is -3.46. The zero-order valence-electron chi connectivity index (χ0n) is 16.1. The van der Waals surface area contributed by atoms with E-state index in [0.717, 1.165) is 44.4 Å². The average molecular weight is 388 g/mol. The fourth-order valence-corrected chi connectivity index (χ4v) is 6.33. The summed E-state index contributed by atoms with van der Waals surface area (Å²) in [4.78, 5) is 13.4. The molecule has 2 aliphatic carbocycles. The van der Waals surface area contributed by atoms with Crippen molar-refractivity contribution in [3.8, 4) is 0 Å².